The summed E-state index contributed by atoms with van der Waals surface area (Å²) < 4.78 is 50.6. The summed E-state index contributed by atoms with van der Waals surface area (Å²) in [5.41, 5.74) is 4.97. The van der Waals surface area contributed by atoms with Gasteiger partial charge in [0.2, 0.25) is 5.91 Å². The lowest BCUT2D eigenvalue weighted by atomic mass is 9.81. The fourth-order valence-electron chi connectivity index (χ4n) is 4.51. The van der Waals surface area contributed by atoms with Gasteiger partial charge in [-0.3, -0.25) is 8.98 Å². The molecule has 37 heavy (non-hydrogen) atoms. The largest absolute Gasteiger partial charge is 0.489 e. The Balaban J connectivity index is 1.60. The predicted molar refractivity (Wildman–Crippen MR) is 133 cm³/mol. The molecule has 1 aromatic heterocycles. The van der Waals surface area contributed by atoms with Crippen LogP contribution in [0.1, 0.15) is 36.6 Å². The average Bonchev–Trinajstić information content (AvgIpc) is 3.67. The molecule has 1 aliphatic carbocycles. The summed E-state index contributed by atoms with van der Waals surface area (Å²) in [5.74, 6) is -1.07. The SMILES string of the molecule is Cc1ccc(S(=O)(=O)OC[C@](O)(c2cc3c(c(-c4ccc(F)cc4)n2)OC[C@]3(C)C(N)=O)C2CC2)cc1. The van der Waals surface area contributed by atoms with Crippen molar-refractivity contribution in [3.63, 3.8) is 0 Å². The van der Waals surface area contributed by atoms with E-state index in [1.54, 1.807) is 25.1 Å². The highest BCUT2D eigenvalue weighted by Crippen LogP contribution is 2.50. The van der Waals surface area contributed by atoms with E-state index in [0.29, 0.717) is 29.7 Å². The fraction of sp³-hybridized carbons (Fsp3) is 0.333. The number of carbonyl (C=O) groups is 1. The molecule has 10 heteroatoms. The van der Waals surface area contributed by atoms with E-state index >= 15 is 0 Å². The maximum Gasteiger partial charge on any atom is 0.297 e. The molecule has 8 nitrogen and oxygen atoms in total. The van der Waals surface area contributed by atoms with E-state index in [4.69, 9.17) is 14.7 Å². The molecule has 194 valence electrons. The molecular formula is C27H27FN2O6S. The first kappa shape index (κ1) is 25.3. The third-order valence-corrected chi connectivity index (χ3v) is 8.45. The van der Waals surface area contributed by atoms with Gasteiger partial charge in [-0.15, -0.1) is 0 Å². The second kappa shape index (κ2) is 8.90. The number of fused-ring (bicyclic) bond motifs is 1. The first-order valence-electron chi connectivity index (χ1n) is 11.9. The molecule has 3 aromatic rings. The Morgan fingerprint density at radius 3 is 2.46 bits per heavy atom. The monoisotopic (exact) mass is 526 g/mol. The van der Waals surface area contributed by atoms with Gasteiger partial charge >= 0.3 is 0 Å². The van der Waals surface area contributed by atoms with Gasteiger partial charge in [-0.05, 0) is 75.1 Å². The number of carbonyl (C=O) groups excluding carboxylic acids is 1. The van der Waals surface area contributed by atoms with Gasteiger partial charge in [0.05, 0.1) is 10.6 Å². The number of halogens is 1. The number of nitrogens with two attached hydrogens (primary N) is 1. The van der Waals surface area contributed by atoms with Gasteiger partial charge in [0.25, 0.3) is 10.1 Å². The molecule has 5 rings (SSSR count). The highest BCUT2D eigenvalue weighted by molar-refractivity contribution is 7.86. The molecule has 1 amide bonds. The van der Waals surface area contributed by atoms with E-state index in [1.165, 1.54) is 36.4 Å². The first-order valence-corrected chi connectivity index (χ1v) is 13.3. The van der Waals surface area contributed by atoms with Crippen LogP contribution in [0.5, 0.6) is 5.75 Å². The Hall–Kier alpha value is -3.34. The molecule has 0 saturated heterocycles. The second-order valence-corrected chi connectivity index (χ2v) is 11.6. The molecule has 1 saturated carbocycles. The lowest BCUT2D eigenvalue weighted by Gasteiger charge is -2.29. The lowest BCUT2D eigenvalue weighted by molar-refractivity contribution is -0.123. The summed E-state index contributed by atoms with van der Waals surface area (Å²) in [5, 5.41) is 11.9. The summed E-state index contributed by atoms with van der Waals surface area (Å²) in [7, 11) is -4.17. The number of pyridine rings is 1. The molecule has 0 bridgehead atoms. The number of aliphatic hydroxyl groups is 1. The zero-order valence-electron chi connectivity index (χ0n) is 20.4. The summed E-state index contributed by atoms with van der Waals surface area (Å²) in [6, 6.07) is 13.3. The molecule has 0 radical (unpaired) electrons. The third-order valence-electron chi connectivity index (χ3n) is 7.17. The van der Waals surface area contributed by atoms with Crippen molar-refractivity contribution >= 4 is 16.0 Å². The summed E-state index contributed by atoms with van der Waals surface area (Å²) in [6.07, 6.45) is 1.28. The molecule has 0 spiro atoms. The standard InChI is InChI=1S/C27H27FN2O6S/c1-16-3-11-20(12-4-16)37(33,34)36-15-27(32,18-7-8-18)22-13-21-24(35-14-26(21,2)25(29)31)23(30-22)17-5-9-19(28)10-6-17/h3-6,9-13,18,32H,7-8,14-15H2,1-2H3,(H2,29,31)/t26-,27+/m0/s1. The van der Waals surface area contributed by atoms with Crippen LogP contribution in [0, 0.1) is 18.7 Å². The lowest BCUT2D eigenvalue weighted by Crippen LogP contribution is -2.40. The molecule has 2 atom stereocenters. The highest BCUT2D eigenvalue weighted by atomic mass is 32.2. The maximum atomic E-state index is 13.6. The number of primary amides is 1. The number of nitrogens with zero attached hydrogens (tertiary/aromatic N) is 1. The van der Waals surface area contributed by atoms with Crippen molar-refractivity contribution < 1.29 is 31.6 Å². The van der Waals surface area contributed by atoms with E-state index < -0.39 is 39.5 Å². The number of aryl methyl sites for hydroxylation is 1. The predicted octanol–water partition coefficient (Wildman–Crippen LogP) is 3.33. The quantitative estimate of drug-likeness (QED) is 0.431. The van der Waals surface area contributed by atoms with Crippen molar-refractivity contribution in [2.75, 3.05) is 13.2 Å². The van der Waals surface area contributed by atoms with E-state index in [2.05, 4.69) is 4.98 Å². The van der Waals surface area contributed by atoms with Crippen LogP contribution in [0.2, 0.25) is 0 Å². The normalized spacial score (nSPS) is 20.6. The average molecular weight is 527 g/mol. The van der Waals surface area contributed by atoms with Crippen molar-refractivity contribution in [3.8, 4) is 17.0 Å². The number of amides is 1. The van der Waals surface area contributed by atoms with E-state index in [9.17, 15) is 22.7 Å². The Labute approximate surface area is 214 Å². The maximum absolute atomic E-state index is 13.6. The first-order chi connectivity index (χ1) is 17.4. The Morgan fingerprint density at radius 1 is 1.22 bits per heavy atom. The Morgan fingerprint density at radius 2 is 1.86 bits per heavy atom. The minimum atomic E-state index is -4.17. The molecule has 1 aliphatic heterocycles. The Bertz CT molecular complexity index is 1470. The number of rotatable bonds is 8. The van der Waals surface area contributed by atoms with Crippen LogP contribution in [-0.4, -0.2) is 37.6 Å². The number of hydrogen-bond donors (Lipinski definition) is 2. The smallest absolute Gasteiger partial charge is 0.297 e. The molecule has 3 N–H and O–H groups in total. The van der Waals surface area contributed by atoms with Crippen LogP contribution < -0.4 is 10.5 Å². The fourth-order valence-corrected chi connectivity index (χ4v) is 5.46. The van der Waals surface area contributed by atoms with Crippen LogP contribution >= 0.6 is 0 Å². The van der Waals surface area contributed by atoms with Gasteiger partial charge in [-0.1, -0.05) is 17.7 Å². The zero-order chi connectivity index (χ0) is 26.6. The summed E-state index contributed by atoms with van der Waals surface area (Å²) in [4.78, 5) is 17.1. The molecule has 2 aromatic carbocycles. The zero-order valence-corrected chi connectivity index (χ0v) is 21.2. The summed E-state index contributed by atoms with van der Waals surface area (Å²) >= 11 is 0. The van der Waals surface area contributed by atoms with Gasteiger partial charge < -0.3 is 15.6 Å². The molecular weight excluding hydrogens is 499 g/mol. The minimum absolute atomic E-state index is 0.0279. The molecule has 2 aliphatic rings. The van der Waals surface area contributed by atoms with Crippen LogP contribution in [0.15, 0.2) is 59.5 Å². The minimum Gasteiger partial charge on any atom is -0.489 e. The van der Waals surface area contributed by atoms with Crippen LogP contribution in [0.25, 0.3) is 11.3 Å². The van der Waals surface area contributed by atoms with Crippen molar-refractivity contribution in [1.82, 2.24) is 4.98 Å². The van der Waals surface area contributed by atoms with Gasteiger partial charge in [0.1, 0.15) is 41.5 Å². The number of aromatic nitrogens is 1. The van der Waals surface area contributed by atoms with Gasteiger partial charge in [-0.2, -0.15) is 8.42 Å². The number of hydrogen-bond acceptors (Lipinski definition) is 7. The topological polar surface area (TPSA) is 129 Å². The molecule has 2 heterocycles. The number of ether oxygens (including phenoxy) is 1. The van der Waals surface area contributed by atoms with Crippen molar-refractivity contribution in [2.45, 2.75) is 42.6 Å². The van der Waals surface area contributed by atoms with Crippen molar-refractivity contribution in [2.24, 2.45) is 11.7 Å². The Kier molecular flexibility index (Phi) is 6.09. The van der Waals surface area contributed by atoms with Crippen LogP contribution in [-0.2, 0) is 30.1 Å². The molecule has 0 unspecified atom stereocenters. The van der Waals surface area contributed by atoms with E-state index in [0.717, 1.165) is 5.56 Å². The van der Waals surface area contributed by atoms with Crippen LogP contribution in [0.3, 0.4) is 0 Å². The van der Waals surface area contributed by atoms with Gasteiger partial charge in [0, 0.05) is 11.1 Å². The van der Waals surface area contributed by atoms with E-state index in [1.807, 2.05) is 6.92 Å². The van der Waals surface area contributed by atoms with Crippen molar-refractivity contribution in [1.29, 1.82) is 0 Å². The van der Waals surface area contributed by atoms with Gasteiger partial charge in [0.15, 0.2) is 0 Å². The van der Waals surface area contributed by atoms with E-state index in [-0.39, 0.29) is 28.8 Å². The van der Waals surface area contributed by atoms with Crippen molar-refractivity contribution in [3.05, 3.63) is 77.2 Å². The molecule has 1 fully saturated rings. The number of benzene rings is 2. The summed E-state index contributed by atoms with van der Waals surface area (Å²) in [6.45, 7) is 2.87. The van der Waals surface area contributed by atoms with Gasteiger partial charge in [-0.25, -0.2) is 9.37 Å². The second-order valence-electron chi connectivity index (χ2n) is 9.95. The highest BCUT2D eigenvalue weighted by Gasteiger charge is 2.50. The van der Waals surface area contributed by atoms with Crippen LogP contribution in [0.4, 0.5) is 4.39 Å². The third kappa shape index (κ3) is 4.49.